The molecule has 16 heavy (non-hydrogen) atoms. The van der Waals surface area contributed by atoms with Gasteiger partial charge in [-0.2, -0.15) is 0 Å². The van der Waals surface area contributed by atoms with Crippen LogP contribution in [-0.4, -0.2) is 21.3 Å². The van der Waals surface area contributed by atoms with Gasteiger partial charge < -0.3 is 9.88 Å². The van der Waals surface area contributed by atoms with Crippen LogP contribution in [0.4, 0.5) is 0 Å². The van der Waals surface area contributed by atoms with E-state index in [-0.39, 0.29) is 0 Å². The van der Waals surface area contributed by atoms with Crippen molar-refractivity contribution in [3.63, 3.8) is 0 Å². The zero-order valence-electron chi connectivity index (χ0n) is 10.00. The van der Waals surface area contributed by atoms with Gasteiger partial charge in [-0.05, 0) is 31.1 Å². The molecule has 1 N–H and O–H groups in total. The Morgan fingerprint density at radius 2 is 2.19 bits per heavy atom. The Morgan fingerprint density at radius 1 is 1.31 bits per heavy atom. The number of hydrogen-bond acceptors (Lipinski definition) is 3. The fourth-order valence-electron chi connectivity index (χ4n) is 2.37. The van der Waals surface area contributed by atoms with Crippen molar-refractivity contribution in [1.82, 2.24) is 20.1 Å². The van der Waals surface area contributed by atoms with E-state index in [4.69, 9.17) is 0 Å². The molecule has 1 saturated carbocycles. The summed E-state index contributed by atoms with van der Waals surface area (Å²) in [5.74, 6) is 2.31. The highest BCUT2D eigenvalue weighted by Crippen LogP contribution is 2.44. The number of fused-ring (bicyclic) bond motifs is 1. The summed E-state index contributed by atoms with van der Waals surface area (Å²) in [6.45, 7) is 5.45. The quantitative estimate of drug-likeness (QED) is 0.836. The second-order valence-corrected chi connectivity index (χ2v) is 5.56. The number of hydrogen-bond donors (Lipinski definition) is 1. The van der Waals surface area contributed by atoms with Gasteiger partial charge in [0.1, 0.15) is 11.6 Å². The molecule has 1 aliphatic carbocycles. The lowest BCUT2D eigenvalue weighted by molar-refractivity contribution is 0.467. The van der Waals surface area contributed by atoms with E-state index in [1.165, 1.54) is 31.5 Å². The van der Waals surface area contributed by atoms with Gasteiger partial charge >= 0.3 is 0 Å². The third kappa shape index (κ3) is 1.98. The van der Waals surface area contributed by atoms with Crippen molar-refractivity contribution in [1.29, 1.82) is 0 Å². The van der Waals surface area contributed by atoms with Crippen molar-refractivity contribution >= 4 is 0 Å². The van der Waals surface area contributed by atoms with Crippen LogP contribution >= 0.6 is 0 Å². The van der Waals surface area contributed by atoms with E-state index < -0.39 is 0 Å². The van der Waals surface area contributed by atoms with E-state index in [0.29, 0.717) is 5.41 Å². The Bertz CT molecular complexity index is 378. The Labute approximate surface area is 96.4 Å². The summed E-state index contributed by atoms with van der Waals surface area (Å²) in [5, 5.41) is 12.1. The largest absolute Gasteiger partial charge is 0.314 e. The van der Waals surface area contributed by atoms with Gasteiger partial charge in [-0.3, -0.25) is 0 Å². The molecule has 0 saturated heterocycles. The Kier molecular flexibility index (Phi) is 2.46. The molecule has 0 aromatic carbocycles. The van der Waals surface area contributed by atoms with Crippen molar-refractivity contribution < 1.29 is 0 Å². The van der Waals surface area contributed by atoms with Gasteiger partial charge in [0, 0.05) is 19.5 Å². The van der Waals surface area contributed by atoms with Crippen molar-refractivity contribution in [2.45, 2.75) is 52.1 Å². The highest BCUT2D eigenvalue weighted by Gasteiger charge is 2.36. The monoisotopic (exact) mass is 220 g/mol. The minimum Gasteiger partial charge on any atom is -0.314 e. The van der Waals surface area contributed by atoms with E-state index in [1.807, 2.05) is 0 Å². The lowest BCUT2D eigenvalue weighted by Crippen LogP contribution is -2.24. The smallest absolute Gasteiger partial charge is 0.147 e. The van der Waals surface area contributed by atoms with E-state index in [0.717, 1.165) is 31.9 Å². The van der Waals surface area contributed by atoms with Crippen LogP contribution in [0.5, 0.6) is 0 Å². The first-order valence-corrected chi connectivity index (χ1v) is 6.39. The molecule has 4 nitrogen and oxygen atoms in total. The minimum absolute atomic E-state index is 0.574. The number of aryl methyl sites for hydroxylation is 1. The number of rotatable bonds is 4. The van der Waals surface area contributed by atoms with Gasteiger partial charge in [-0.1, -0.05) is 6.92 Å². The van der Waals surface area contributed by atoms with Crippen LogP contribution in [-0.2, 0) is 19.5 Å². The zero-order chi connectivity index (χ0) is 11.0. The van der Waals surface area contributed by atoms with Crippen LogP contribution in [0.25, 0.3) is 0 Å². The molecule has 0 bridgehead atoms. The van der Waals surface area contributed by atoms with Crippen molar-refractivity contribution in [3.8, 4) is 0 Å². The van der Waals surface area contributed by atoms with Gasteiger partial charge in [-0.15, -0.1) is 10.2 Å². The van der Waals surface area contributed by atoms with Crippen LogP contribution in [0.3, 0.4) is 0 Å². The lowest BCUT2D eigenvalue weighted by atomic mass is 10.1. The van der Waals surface area contributed by atoms with Crippen molar-refractivity contribution in [2.24, 2.45) is 5.41 Å². The molecule has 0 atom stereocenters. The first kappa shape index (κ1) is 10.3. The maximum atomic E-state index is 4.29. The molecule has 0 radical (unpaired) electrons. The topological polar surface area (TPSA) is 42.7 Å². The molecule has 1 fully saturated rings. The average Bonchev–Trinajstić information content (AvgIpc) is 2.89. The van der Waals surface area contributed by atoms with Crippen LogP contribution < -0.4 is 5.32 Å². The second kappa shape index (κ2) is 3.84. The molecule has 0 unspecified atom stereocenters. The summed E-state index contributed by atoms with van der Waals surface area (Å²) in [4.78, 5) is 0. The van der Waals surface area contributed by atoms with Gasteiger partial charge in [0.05, 0.1) is 6.54 Å². The molecule has 1 aromatic heterocycles. The molecule has 1 aromatic rings. The highest BCUT2D eigenvalue weighted by molar-refractivity contribution is 4.99. The van der Waals surface area contributed by atoms with Crippen molar-refractivity contribution in [3.05, 3.63) is 11.6 Å². The molecule has 1 aliphatic heterocycles. The Hall–Kier alpha value is -0.900. The molecule has 2 heterocycles. The third-order valence-corrected chi connectivity index (χ3v) is 3.87. The first-order chi connectivity index (χ1) is 7.77. The molecule has 0 spiro atoms. The number of nitrogens with zero attached hydrogens (tertiary/aromatic N) is 3. The van der Waals surface area contributed by atoms with Crippen molar-refractivity contribution in [2.75, 3.05) is 6.54 Å². The van der Waals surface area contributed by atoms with E-state index in [2.05, 4.69) is 27.0 Å². The molecule has 2 aliphatic rings. The lowest BCUT2D eigenvalue weighted by Gasteiger charge is -2.15. The first-order valence-electron chi connectivity index (χ1n) is 6.39. The number of nitrogens with one attached hydrogen (secondary N) is 1. The second-order valence-electron chi connectivity index (χ2n) is 5.56. The van der Waals surface area contributed by atoms with E-state index in [1.54, 1.807) is 0 Å². The average molecular weight is 220 g/mol. The van der Waals surface area contributed by atoms with E-state index in [9.17, 15) is 0 Å². The van der Waals surface area contributed by atoms with Crippen LogP contribution in [0.1, 0.15) is 44.3 Å². The fraction of sp³-hybridized carbons (Fsp3) is 0.833. The predicted molar refractivity (Wildman–Crippen MR) is 62.0 cm³/mol. The SMILES string of the molecule is CC1(CNCc2nnc3n2CCCC3)CC1. The van der Waals surface area contributed by atoms with E-state index >= 15 is 0 Å². The molecular formula is C12H20N4. The summed E-state index contributed by atoms with van der Waals surface area (Å²) in [7, 11) is 0. The zero-order valence-corrected chi connectivity index (χ0v) is 10.00. The van der Waals surface area contributed by atoms with Gasteiger partial charge in [0.2, 0.25) is 0 Å². The summed E-state index contributed by atoms with van der Waals surface area (Å²) in [6.07, 6.45) is 6.39. The number of aromatic nitrogens is 3. The van der Waals surface area contributed by atoms with Gasteiger partial charge in [0.25, 0.3) is 0 Å². The highest BCUT2D eigenvalue weighted by atomic mass is 15.3. The molecular weight excluding hydrogens is 200 g/mol. The maximum absolute atomic E-state index is 4.29. The summed E-state index contributed by atoms with van der Waals surface area (Å²) >= 11 is 0. The maximum Gasteiger partial charge on any atom is 0.147 e. The minimum atomic E-state index is 0.574. The normalized spacial score (nSPS) is 21.8. The van der Waals surface area contributed by atoms with Gasteiger partial charge in [0.15, 0.2) is 0 Å². The van der Waals surface area contributed by atoms with Gasteiger partial charge in [-0.25, -0.2) is 0 Å². The Morgan fingerprint density at radius 3 is 3.00 bits per heavy atom. The van der Waals surface area contributed by atoms with Crippen LogP contribution in [0, 0.1) is 5.41 Å². The van der Waals surface area contributed by atoms with Crippen LogP contribution in [0.2, 0.25) is 0 Å². The predicted octanol–water partition coefficient (Wildman–Crippen LogP) is 1.50. The third-order valence-electron chi connectivity index (χ3n) is 3.87. The van der Waals surface area contributed by atoms with Crippen LogP contribution in [0.15, 0.2) is 0 Å². The molecule has 88 valence electrons. The standard InChI is InChI=1S/C12H20N4/c1-12(5-6-12)9-13-8-11-15-14-10-4-2-3-7-16(10)11/h13H,2-9H2,1H3. The Balaban J connectivity index is 1.59. The fourth-order valence-corrected chi connectivity index (χ4v) is 2.37. The molecule has 0 amide bonds. The molecule has 4 heteroatoms. The summed E-state index contributed by atoms with van der Waals surface area (Å²) in [6, 6.07) is 0. The molecule has 3 rings (SSSR count). The summed E-state index contributed by atoms with van der Waals surface area (Å²) in [5.41, 5.74) is 0.574. The summed E-state index contributed by atoms with van der Waals surface area (Å²) < 4.78 is 2.30.